The number of carbonyl (C=O) groups excluding carboxylic acids is 1. The number of hydrogen-bond donors (Lipinski definition) is 1. The van der Waals surface area contributed by atoms with Gasteiger partial charge in [0, 0.05) is 13.1 Å². The van der Waals surface area contributed by atoms with Crippen molar-refractivity contribution in [2.75, 3.05) is 13.2 Å². The molecule has 0 unspecified atom stereocenters. The minimum Gasteiger partial charge on any atom is -0.371 e. The summed E-state index contributed by atoms with van der Waals surface area (Å²) in [5.74, 6) is 0.704. The first kappa shape index (κ1) is 16.0. The molecule has 1 N–H and O–H groups in total. The van der Waals surface area contributed by atoms with Crippen LogP contribution in [-0.2, 0) is 20.7 Å². The quantitative estimate of drug-likeness (QED) is 0.896. The molecule has 3 aliphatic rings. The third kappa shape index (κ3) is 3.19. The zero-order valence-corrected chi connectivity index (χ0v) is 14.2. The number of hydrogen-bond acceptors (Lipinski definition) is 5. The number of nitrogens with zero attached hydrogens (tertiary/aromatic N) is 3. The van der Waals surface area contributed by atoms with Crippen molar-refractivity contribution in [2.45, 2.75) is 69.7 Å². The molecular formula is C17H26N4O3. The van der Waals surface area contributed by atoms with Gasteiger partial charge in [-0.05, 0) is 12.3 Å². The molecule has 4 atom stereocenters. The molecule has 0 radical (unpaired) electrons. The van der Waals surface area contributed by atoms with E-state index >= 15 is 0 Å². The predicted octanol–water partition coefficient (Wildman–Crippen LogP) is 1.24. The Balaban J connectivity index is 1.39. The molecule has 4 rings (SSSR count). The van der Waals surface area contributed by atoms with Crippen molar-refractivity contribution in [1.29, 1.82) is 0 Å². The van der Waals surface area contributed by atoms with Gasteiger partial charge >= 0.3 is 0 Å². The summed E-state index contributed by atoms with van der Waals surface area (Å²) in [6, 6.07) is -0.0240. The molecule has 2 saturated heterocycles. The van der Waals surface area contributed by atoms with Crippen LogP contribution >= 0.6 is 0 Å². The Kier molecular flexibility index (Phi) is 4.54. The van der Waals surface area contributed by atoms with Crippen LogP contribution in [0.2, 0.25) is 0 Å². The average Bonchev–Trinajstić information content (AvgIpc) is 3.26. The number of carbonyl (C=O) groups is 1. The lowest BCUT2D eigenvalue weighted by Gasteiger charge is -2.20. The molecular weight excluding hydrogens is 308 g/mol. The number of rotatable bonds is 4. The Hall–Kier alpha value is -1.47. The molecule has 24 heavy (non-hydrogen) atoms. The summed E-state index contributed by atoms with van der Waals surface area (Å²) < 4.78 is 13.7. The van der Waals surface area contributed by atoms with Gasteiger partial charge in [0.2, 0.25) is 5.91 Å². The monoisotopic (exact) mass is 334 g/mol. The summed E-state index contributed by atoms with van der Waals surface area (Å²) in [6.07, 6.45) is 9.61. The number of aromatic nitrogens is 3. The van der Waals surface area contributed by atoms with Crippen LogP contribution < -0.4 is 5.32 Å². The van der Waals surface area contributed by atoms with Crippen LogP contribution in [0.25, 0.3) is 0 Å². The summed E-state index contributed by atoms with van der Waals surface area (Å²) >= 11 is 0. The van der Waals surface area contributed by atoms with Crippen LogP contribution in [0, 0.1) is 5.92 Å². The Morgan fingerprint density at radius 3 is 2.83 bits per heavy atom. The lowest BCUT2D eigenvalue weighted by molar-refractivity contribution is -0.120. The maximum atomic E-state index is 11.3. The van der Waals surface area contributed by atoms with Gasteiger partial charge in [-0.15, -0.1) is 5.10 Å². The van der Waals surface area contributed by atoms with Gasteiger partial charge < -0.3 is 14.8 Å². The summed E-state index contributed by atoms with van der Waals surface area (Å²) in [5, 5.41) is 11.6. The largest absolute Gasteiger partial charge is 0.371 e. The third-order valence-electron chi connectivity index (χ3n) is 5.54. The van der Waals surface area contributed by atoms with E-state index in [1.165, 1.54) is 39.0 Å². The van der Waals surface area contributed by atoms with Gasteiger partial charge in [0.15, 0.2) is 0 Å². The maximum Gasteiger partial charge on any atom is 0.217 e. The Labute approximate surface area is 142 Å². The summed E-state index contributed by atoms with van der Waals surface area (Å²) in [5.41, 5.74) is 1.07. The van der Waals surface area contributed by atoms with Crippen LogP contribution in [0.4, 0.5) is 0 Å². The molecule has 1 saturated carbocycles. The van der Waals surface area contributed by atoms with E-state index in [2.05, 4.69) is 21.8 Å². The Bertz CT molecular complexity index is 584. The SMILES string of the molecule is CC(=O)N[C@@H]1CO[C@@H]2[C@@H]1OC[C@@H]2n1cc(CC2CCCCC2)nn1. The van der Waals surface area contributed by atoms with Crippen molar-refractivity contribution >= 4 is 5.91 Å². The van der Waals surface area contributed by atoms with Gasteiger partial charge in [-0.25, -0.2) is 4.68 Å². The van der Waals surface area contributed by atoms with E-state index in [9.17, 15) is 4.79 Å². The van der Waals surface area contributed by atoms with Crippen molar-refractivity contribution in [1.82, 2.24) is 20.3 Å². The number of fused-ring (bicyclic) bond motifs is 1. The minimum atomic E-state index is -0.0927. The normalized spacial score (nSPS) is 33.5. The molecule has 132 valence electrons. The number of amides is 1. The second kappa shape index (κ2) is 6.80. The van der Waals surface area contributed by atoms with Crippen LogP contribution in [-0.4, -0.2) is 52.4 Å². The average molecular weight is 334 g/mol. The second-order valence-electron chi connectivity index (χ2n) is 7.37. The highest BCUT2D eigenvalue weighted by atomic mass is 16.6. The first-order valence-corrected chi connectivity index (χ1v) is 9.12. The topological polar surface area (TPSA) is 78.3 Å². The van der Waals surface area contributed by atoms with Crippen molar-refractivity contribution in [2.24, 2.45) is 5.92 Å². The van der Waals surface area contributed by atoms with E-state index in [0.717, 1.165) is 18.0 Å². The van der Waals surface area contributed by atoms with Gasteiger partial charge in [0.25, 0.3) is 0 Å². The second-order valence-corrected chi connectivity index (χ2v) is 7.37. The van der Waals surface area contributed by atoms with Crippen LogP contribution in [0.15, 0.2) is 6.20 Å². The lowest BCUT2D eigenvalue weighted by atomic mass is 9.86. The number of ether oxygens (including phenoxy) is 2. The fourth-order valence-corrected chi connectivity index (χ4v) is 4.35. The van der Waals surface area contributed by atoms with E-state index < -0.39 is 0 Å². The molecule has 1 aliphatic carbocycles. The van der Waals surface area contributed by atoms with E-state index in [4.69, 9.17) is 9.47 Å². The van der Waals surface area contributed by atoms with Gasteiger partial charge in [-0.3, -0.25) is 4.79 Å². The van der Waals surface area contributed by atoms with Crippen molar-refractivity contribution in [3.63, 3.8) is 0 Å². The van der Waals surface area contributed by atoms with E-state index in [1.54, 1.807) is 0 Å². The van der Waals surface area contributed by atoms with E-state index in [0.29, 0.717) is 13.2 Å². The van der Waals surface area contributed by atoms with Crippen molar-refractivity contribution < 1.29 is 14.3 Å². The van der Waals surface area contributed by atoms with E-state index in [1.807, 2.05) is 4.68 Å². The van der Waals surface area contributed by atoms with Gasteiger partial charge in [0.1, 0.15) is 18.2 Å². The highest BCUT2D eigenvalue weighted by Crippen LogP contribution is 2.34. The zero-order chi connectivity index (χ0) is 16.5. The zero-order valence-electron chi connectivity index (χ0n) is 14.2. The molecule has 1 aromatic rings. The summed E-state index contributed by atoms with van der Waals surface area (Å²) in [6.45, 7) is 2.57. The molecule has 3 fully saturated rings. The fraction of sp³-hybridized carbons (Fsp3) is 0.824. The molecule has 7 nitrogen and oxygen atoms in total. The molecule has 1 amide bonds. The first-order chi connectivity index (χ1) is 11.7. The summed E-state index contributed by atoms with van der Waals surface area (Å²) in [7, 11) is 0. The Morgan fingerprint density at radius 1 is 1.25 bits per heavy atom. The lowest BCUT2D eigenvalue weighted by Crippen LogP contribution is -2.43. The first-order valence-electron chi connectivity index (χ1n) is 9.12. The molecule has 3 heterocycles. The van der Waals surface area contributed by atoms with Crippen LogP contribution in [0.5, 0.6) is 0 Å². The molecule has 0 bridgehead atoms. The predicted molar refractivity (Wildman–Crippen MR) is 86.4 cm³/mol. The van der Waals surface area contributed by atoms with Crippen molar-refractivity contribution in [3.8, 4) is 0 Å². The Morgan fingerprint density at radius 2 is 2.04 bits per heavy atom. The van der Waals surface area contributed by atoms with Gasteiger partial charge in [-0.2, -0.15) is 0 Å². The highest BCUT2D eigenvalue weighted by Gasteiger charge is 2.49. The molecule has 7 heteroatoms. The van der Waals surface area contributed by atoms with Gasteiger partial charge in [0.05, 0.1) is 24.9 Å². The number of nitrogens with one attached hydrogen (secondary N) is 1. The smallest absolute Gasteiger partial charge is 0.217 e. The molecule has 0 spiro atoms. The fourth-order valence-electron chi connectivity index (χ4n) is 4.35. The molecule has 0 aromatic carbocycles. The molecule has 2 aliphatic heterocycles. The summed E-state index contributed by atoms with van der Waals surface area (Å²) in [4.78, 5) is 11.3. The third-order valence-corrected chi connectivity index (χ3v) is 5.54. The minimum absolute atomic E-state index is 0.0429. The van der Waals surface area contributed by atoms with Crippen LogP contribution in [0.3, 0.4) is 0 Å². The standard InChI is InChI=1S/C17H26N4O3/c1-11(22)18-14-9-23-17-15(10-24-16(14)17)21-8-13(19-20-21)7-12-5-3-2-4-6-12/h8,12,14-17H,2-7,9-10H2,1H3,(H,18,22)/t14-,15+,16-,17+/m1/s1. The maximum absolute atomic E-state index is 11.3. The van der Waals surface area contributed by atoms with E-state index in [-0.39, 0.29) is 30.2 Å². The van der Waals surface area contributed by atoms with Crippen LogP contribution in [0.1, 0.15) is 50.8 Å². The molecule has 1 aromatic heterocycles. The van der Waals surface area contributed by atoms with Crippen molar-refractivity contribution in [3.05, 3.63) is 11.9 Å². The highest BCUT2D eigenvalue weighted by molar-refractivity contribution is 5.73. The van der Waals surface area contributed by atoms with Gasteiger partial charge in [-0.1, -0.05) is 37.3 Å².